The largest absolute Gasteiger partial charge is 0.420 e. The molecule has 2 aromatic rings. The number of halogens is 4. The van der Waals surface area contributed by atoms with E-state index < -0.39 is 11.7 Å². The van der Waals surface area contributed by atoms with Crippen molar-refractivity contribution in [3.05, 3.63) is 34.2 Å². The highest BCUT2D eigenvalue weighted by Crippen LogP contribution is 2.38. The van der Waals surface area contributed by atoms with E-state index in [4.69, 9.17) is 0 Å². The Morgan fingerprint density at radius 2 is 2.00 bits per heavy atom. The summed E-state index contributed by atoms with van der Waals surface area (Å²) in [6, 6.07) is 1.03. The Morgan fingerprint density at radius 3 is 2.58 bits per heavy atom. The summed E-state index contributed by atoms with van der Waals surface area (Å²) in [5, 5.41) is 9.26. The lowest BCUT2D eigenvalue weighted by atomic mass is 9.80. The molecule has 0 aromatic carbocycles. The molecular weight excluding hydrogens is 325 g/mol. The number of hydrogen-bond donors (Lipinski definition) is 1. The first-order valence-electron chi connectivity index (χ1n) is 5.78. The molecule has 1 fully saturated rings. The van der Waals surface area contributed by atoms with Crippen LogP contribution in [0.25, 0.3) is 5.65 Å². The smallest absolute Gasteiger partial charge is 0.393 e. The number of nitrogens with zero attached hydrogens (tertiary/aromatic N) is 2. The first-order valence-corrected chi connectivity index (χ1v) is 6.57. The van der Waals surface area contributed by atoms with Crippen LogP contribution >= 0.6 is 15.9 Å². The minimum absolute atomic E-state index is 0.0507. The molecule has 0 radical (unpaired) electrons. The third-order valence-electron chi connectivity index (χ3n) is 3.37. The summed E-state index contributed by atoms with van der Waals surface area (Å²) >= 11 is 3.07. The first-order chi connectivity index (χ1) is 8.84. The third kappa shape index (κ3) is 2.25. The topological polar surface area (TPSA) is 37.5 Å². The molecule has 1 aliphatic rings. The van der Waals surface area contributed by atoms with E-state index in [-0.39, 0.29) is 17.7 Å². The predicted octanol–water partition coefficient (Wildman–Crippen LogP) is 3.35. The van der Waals surface area contributed by atoms with Gasteiger partial charge in [0.05, 0.1) is 17.4 Å². The molecule has 2 heterocycles. The summed E-state index contributed by atoms with van der Waals surface area (Å²) in [5.41, 5.74) is -0.242. The monoisotopic (exact) mass is 334 g/mol. The SMILES string of the molecule is OC1CC(c2cn3cc(Br)cc(C(F)(F)F)c3n2)C1. The van der Waals surface area contributed by atoms with Crippen LogP contribution < -0.4 is 0 Å². The molecule has 0 amide bonds. The Morgan fingerprint density at radius 1 is 1.32 bits per heavy atom. The van der Waals surface area contributed by atoms with Crippen LogP contribution in [0.4, 0.5) is 13.2 Å². The third-order valence-corrected chi connectivity index (χ3v) is 3.81. The molecule has 0 spiro atoms. The van der Waals surface area contributed by atoms with Crippen molar-refractivity contribution in [1.82, 2.24) is 9.38 Å². The van der Waals surface area contributed by atoms with Gasteiger partial charge in [-0.1, -0.05) is 0 Å². The Kier molecular flexibility index (Phi) is 2.86. The number of rotatable bonds is 1. The highest BCUT2D eigenvalue weighted by Gasteiger charge is 2.36. The van der Waals surface area contributed by atoms with Gasteiger partial charge in [0.2, 0.25) is 0 Å². The molecule has 1 N–H and O–H groups in total. The van der Waals surface area contributed by atoms with Gasteiger partial charge in [-0.15, -0.1) is 0 Å². The molecule has 3 nitrogen and oxygen atoms in total. The highest BCUT2D eigenvalue weighted by atomic mass is 79.9. The maximum absolute atomic E-state index is 13.0. The van der Waals surface area contributed by atoms with E-state index in [1.165, 1.54) is 4.40 Å². The zero-order chi connectivity index (χ0) is 13.8. The van der Waals surface area contributed by atoms with E-state index in [0.717, 1.165) is 6.07 Å². The normalized spacial score (nSPS) is 23.6. The van der Waals surface area contributed by atoms with Gasteiger partial charge in [0.1, 0.15) is 5.65 Å². The molecule has 1 saturated carbocycles. The summed E-state index contributed by atoms with van der Waals surface area (Å²) in [6.07, 6.45) is -0.517. The van der Waals surface area contributed by atoms with Gasteiger partial charge in [-0.05, 0) is 34.8 Å². The van der Waals surface area contributed by atoms with Crippen molar-refractivity contribution >= 4 is 21.6 Å². The second-order valence-electron chi connectivity index (χ2n) is 4.79. The molecule has 0 bridgehead atoms. The standard InChI is InChI=1S/C12H10BrF3N2O/c13-7-3-9(12(14,15)16)11-17-10(5-18(11)4-7)6-1-8(19)2-6/h3-6,8,19H,1-2H2. The number of fused-ring (bicyclic) bond motifs is 1. The van der Waals surface area contributed by atoms with Crippen LogP contribution in [0.3, 0.4) is 0 Å². The van der Waals surface area contributed by atoms with E-state index in [1.54, 1.807) is 12.4 Å². The van der Waals surface area contributed by atoms with Gasteiger partial charge < -0.3 is 9.51 Å². The molecule has 3 rings (SSSR count). The van der Waals surface area contributed by atoms with Crippen molar-refractivity contribution in [3.63, 3.8) is 0 Å². The molecule has 0 unspecified atom stereocenters. The van der Waals surface area contributed by atoms with Crippen LogP contribution in [0.5, 0.6) is 0 Å². The van der Waals surface area contributed by atoms with Crippen LogP contribution in [-0.4, -0.2) is 20.6 Å². The van der Waals surface area contributed by atoms with Gasteiger partial charge in [-0.3, -0.25) is 0 Å². The Balaban J connectivity index is 2.11. The maximum atomic E-state index is 13.0. The van der Waals surface area contributed by atoms with Crippen LogP contribution in [-0.2, 0) is 6.18 Å². The van der Waals surface area contributed by atoms with Gasteiger partial charge >= 0.3 is 6.18 Å². The Labute approximate surface area is 115 Å². The van der Waals surface area contributed by atoms with Crippen molar-refractivity contribution in [3.8, 4) is 0 Å². The van der Waals surface area contributed by atoms with Crippen molar-refractivity contribution in [2.45, 2.75) is 31.0 Å². The number of imidazole rings is 1. The van der Waals surface area contributed by atoms with Crippen LogP contribution in [0.1, 0.15) is 30.0 Å². The first kappa shape index (κ1) is 12.9. The van der Waals surface area contributed by atoms with E-state index in [9.17, 15) is 18.3 Å². The lowest BCUT2D eigenvalue weighted by molar-refractivity contribution is -0.136. The number of aliphatic hydroxyl groups is 1. The van der Waals surface area contributed by atoms with E-state index >= 15 is 0 Å². The Hall–Kier alpha value is -1.08. The van der Waals surface area contributed by atoms with Crippen LogP contribution in [0.15, 0.2) is 22.9 Å². The molecule has 0 aliphatic heterocycles. The molecule has 7 heteroatoms. The molecule has 2 aromatic heterocycles. The number of aliphatic hydroxyl groups excluding tert-OH is 1. The predicted molar refractivity (Wildman–Crippen MR) is 65.9 cm³/mol. The van der Waals surface area contributed by atoms with Crippen molar-refractivity contribution < 1.29 is 18.3 Å². The average Bonchev–Trinajstić information content (AvgIpc) is 2.65. The lowest BCUT2D eigenvalue weighted by Gasteiger charge is -2.29. The molecular formula is C12H10BrF3N2O. The van der Waals surface area contributed by atoms with Crippen molar-refractivity contribution in [2.24, 2.45) is 0 Å². The van der Waals surface area contributed by atoms with Gasteiger partial charge in [0.25, 0.3) is 0 Å². The fraction of sp³-hybridized carbons (Fsp3) is 0.417. The van der Waals surface area contributed by atoms with E-state index in [2.05, 4.69) is 20.9 Å². The summed E-state index contributed by atoms with van der Waals surface area (Å²) in [7, 11) is 0. The van der Waals surface area contributed by atoms with Crippen molar-refractivity contribution in [2.75, 3.05) is 0 Å². The lowest BCUT2D eigenvalue weighted by Crippen LogP contribution is -2.26. The molecule has 102 valence electrons. The molecule has 19 heavy (non-hydrogen) atoms. The molecule has 1 aliphatic carbocycles. The van der Waals surface area contributed by atoms with Gasteiger partial charge in [-0.2, -0.15) is 13.2 Å². The number of alkyl halides is 3. The average molecular weight is 335 g/mol. The molecule has 0 saturated heterocycles. The fourth-order valence-corrected chi connectivity index (χ4v) is 2.77. The Bertz CT molecular complexity index is 632. The molecule has 0 atom stereocenters. The minimum atomic E-state index is -4.44. The second kappa shape index (κ2) is 4.21. The minimum Gasteiger partial charge on any atom is -0.393 e. The number of hydrogen-bond acceptors (Lipinski definition) is 2. The highest BCUT2D eigenvalue weighted by molar-refractivity contribution is 9.10. The van der Waals surface area contributed by atoms with Gasteiger partial charge in [0.15, 0.2) is 0 Å². The quantitative estimate of drug-likeness (QED) is 0.868. The van der Waals surface area contributed by atoms with Gasteiger partial charge in [0, 0.05) is 22.8 Å². The second-order valence-corrected chi connectivity index (χ2v) is 5.70. The maximum Gasteiger partial charge on any atom is 0.420 e. The summed E-state index contributed by atoms with van der Waals surface area (Å²) in [6.45, 7) is 0. The van der Waals surface area contributed by atoms with Crippen molar-refractivity contribution in [1.29, 1.82) is 0 Å². The van der Waals surface area contributed by atoms with E-state index in [1.807, 2.05) is 0 Å². The number of aromatic nitrogens is 2. The summed E-state index contributed by atoms with van der Waals surface area (Å²) in [5.74, 6) is 0.0507. The van der Waals surface area contributed by atoms with E-state index in [0.29, 0.717) is 23.0 Å². The zero-order valence-electron chi connectivity index (χ0n) is 9.65. The van der Waals surface area contributed by atoms with Crippen LogP contribution in [0, 0.1) is 0 Å². The summed E-state index contributed by atoms with van der Waals surface area (Å²) in [4.78, 5) is 4.09. The summed E-state index contributed by atoms with van der Waals surface area (Å²) < 4.78 is 40.6. The fourth-order valence-electron chi connectivity index (χ4n) is 2.32. The van der Waals surface area contributed by atoms with Crippen LogP contribution in [0.2, 0.25) is 0 Å². The number of pyridine rings is 1. The van der Waals surface area contributed by atoms with Gasteiger partial charge in [-0.25, -0.2) is 4.98 Å². The zero-order valence-corrected chi connectivity index (χ0v) is 11.2.